The maximum atomic E-state index is 12.4. The number of carbonyl (C=O) groups excluding carboxylic acids is 2. The number of amides is 1. The van der Waals surface area contributed by atoms with Crippen LogP contribution in [0.1, 0.15) is 37.0 Å². The van der Waals surface area contributed by atoms with Crippen molar-refractivity contribution in [2.45, 2.75) is 26.7 Å². The van der Waals surface area contributed by atoms with Crippen LogP contribution in [0.5, 0.6) is 5.75 Å². The van der Waals surface area contributed by atoms with E-state index in [1.807, 2.05) is 31.2 Å². The number of nitrogens with one attached hydrogen (secondary N) is 2. The molecule has 3 N–H and O–H groups in total. The second-order valence-corrected chi connectivity index (χ2v) is 5.91. The molecule has 0 radical (unpaired) electrons. The molecule has 0 unspecified atom stereocenters. The summed E-state index contributed by atoms with van der Waals surface area (Å²) in [5, 5.41) is 11.8. The molecule has 138 valence electrons. The van der Waals surface area contributed by atoms with Crippen LogP contribution < -0.4 is 10.9 Å². The fraction of sp³-hybridized carbons (Fsp3) is 0.300. The number of rotatable bonds is 8. The van der Waals surface area contributed by atoms with Crippen molar-refractivity contribution in [2.75, 3.05) is 6.61 Å². The lowest BCUT2D eigenvalue weighted by molar-refractivity contribution is -0.147. The predicted molar refractivity (Wildman–Crippen MR) is 100 cm³/mol. The van der Waals surface area contributed by atoms with Gasteiger partial charge >= 0.3 is 5.97 Å². The van der Waals surface area contributed by atoms with Crippen molar-refractivity contribution in [1.29, 1.82) is 0 Å². The van der Waals surface area contributed by atoms with Crippen LogP contribution in [0, 0.1) is 5.92 Å². The molecule has 6 heteroatoms. The number of aromatic hydroxyl groups is 1. The zero-order valence-corrected chi connectivity index (χ0v) is 15.0. The van der Waals surface area contributed by atoms with E-state index in [0.717, 1.165) is 17.2 Å². The fourth-order valence-electron chi connectivity index (χ4n) is 2.67. The molecule has 2 aromatic rings. The molecular weight excluding hydrogens is 332 g/mol. The summed E-state index contributed by atoms with van der Waals surface area (Å²) in [5.41, 5.74) is 5.64. The van der Waals surface area contributed by atoms with Crippen molar-refractivity contribution < 1.29 is 19.4 Å². The molecule has 0 aliphatic carbocycles. The summed E-state index contributed by atoms with van der Waals surface area (Å²) in [5.74, 6) is -1.57. The molecule has 0 spiro atoms. The summed E-state index contributed by atoms with van der Waals surface area (Å²) in [4.78, 5) is 24.4. The molecule has 0 saturated carbocycles. The van der Waals surface area contributed by atoms with E-state index in [2.05, 4.69) is 17.4 Å². The lowest BCUT2D eigenvalue weighted by Gasteiger charge is -2.19. The second-order valence-electron chi connectivity index (χ2n) is 5.91. The van der Waals surface area contributed by atoms with Gasteiger partial charge in [0.2, 0.25) is 0 Å². The Morgan fingerprint density at radius 3 is 2.42 bits per heavy atom. The third-order valence-electron chi connectivity index (χ3n) is 4.01. The Kier molecular flexibility index (Phi) is 6.60. The summed E-state index contributed by atoms with van der Waals surface area (Å²) in [6, 6.07) is 10.6. The molecule has 0 heterocycles. The van der Waals surface area contributed by atoms with E-state index < -0.39 is 11.8 Å². The first-order valence-electron chi connectivity index (χ1n) is 8.61. The third kappa shape index (κ3) is 4.53. The van der Waals surface area contributed by atoms with Crippen molar-refractivity contribution >= 4 is 22.6 Å². The number of hydrogen-bond donors (Lipinski definition) is 3. The quantitative estimate of drug-likeness (QED) is 0.499. The first kappa shape index (κ1) is 19.3. The van der Waals surface area contributed by atoms with E-state index in [4.69, 9.17) is 4.74 Å². The highest BCUT2D eigenvalue weighted by Crippen LogP contribution is 2.25. The minimum atomic E-state index is -0.551. The standard InChI is InChI=1S/C20H24N2O4/c1-4-8-16(20(25)26-5-2)13(3)21-22-19(24)17-11-14-9-6-7-10-15(14)12-18(17)23/h6-7,9-12,16,21,23H,3-5,8H2,1-2H3,(H,22,24)/t16-/m0/s1. The molecule has 0 saturated heterocycles. The lowest BCUT2D eigenvalue weighted by Crippen LogP contribution is -2.40. The molecule has 26 heavy (non-hydrogen) atoms. The van der Waals surface area contributed by atoms with E-state index in [1.165, 1.54) is 6.07 Å². The minimum Gasteiger partial charge on any atom is -0.507 e. The number of benzene rings is 2. The van der Waals surface area contributed by atoms with Crippen molar-refractivity contribution in [1.82, 2.24) is 10.9 Å². The smallest absolute Gasteiger partial charge is 0.314 e. The molecule has 0 aromatic heterocycles. The molecule has 1 amide bonds. The first-order chi connectivity index (χ1) is 12.5. The monoisotopic (exact) mass is 356 g/mol. The zero-order chi connectivity index (χ0) is 19.1. The number of esters is 1. The van der Waals surface area contributed by atoms with Crippen LogP contribution in [0.15, 0.2) is 48.7 Å². The molecule has 0 aliphatic rings. The molecule has 2 rings (SSSR count). The van der Waals surface area contributed by atoms with Crippen LogP contribution in [-0.4, -0.2) is 23.6 Å². The van der Waals surface area contributed by atoms with Crippen molar-refractivity contribution in [3.8, 4) is 5.75 Å². The normalized spacial score (nSPS) is 11.6. The molecule has 2 aromatic carbocycles. The SMILES string of the molecule is C=C(NNC(=O)c1cc2ccccc2cc1O)[C@H](CCC)C(=O)OCC. The van der Waals surface area contributed by atoms with Gasteiger partial charge < -0.3 is 15.3 Å². The Balaban J connectivity index is 2.08. The average Bonchev–Trinajstić information content (AvgIpc) is 2.63. The van der Waals surface area contributed by atoms with E-state index in [1.54, 1.807) is 13.0 Å². The van der Waals surface area contributed by atoms with Gasteiger partial charge in [-0.15, -0.1) is 0 Å². The highest BCUT2D eigenvalue weighted by atomic mass is 16.5. The summed E-state index contributed by atoms with van der Waals surface area (Å²) in [6.45, 7) is 7.79. The number of ether oxygens (including phenoxy) is 1. The topological polar surface area (TPSA) is 87.7 Å². The van der Waals surface area contributed by atoms with E-state index in [-0.39, 0.29) is 23.9 Å². The van der Waals surface area contributed by atoms with Gasteiger partial charge in [0.25, 0.3) is 5.91 Å². The van der Waals surface area contributed by atoms with Crippen LogP contribution in [0.25, 0.3) is 10.8 Å². The molecule has 0 aliphatic heterocycles. The van der Waals surface area contributed by atoms with Gasteiger partial charge in [0.05, 0.1) is 18.1 Å². The Labute approximate surface area is 152 Å². The maximum absolute atomic E-state index is 12.4. The van der Waals surface area contributed by atoms with Gasteiger partial charge in [0.1, 0.15) is 5.75 Å². The van der Waals surface area contributed by atoms with Crippen molar-refractivity contribution in [3.63, 3.8) is 0 Å². The van der Waals surface area contributed by atoms with Gasteiger partial charge in [-0.2, -0.15) is 0 Å². The first-order valence-corrected chi connectivity index (χ1v) is 8.61. The van der Waals surface area contributed by atoms with Crippen molar-refractivity contribution in [2.24, 2.45) is 5.92 Å². The van der Waals surface area contributed by atoms with Gasteiger partial charge in [0, 0.05) is 5.70 Å². The highest BCUT2D eigenvalue weighted by Gasteiger charge is 2.23. The van der Waals surface area contributed by atoms with Crippen LogP contribution >= 0.6 is 0 Å². The van der Waals surface area contributed by atoms with E-state index in [0.29, 0.717) is 12.1 Å². The molecule has 0 fully saturated rings. The zero-order valence-electron chi connectivity index (χ0n) is 15.0. The molecule has 1 atom stereocenters. The van der Waals surface area contributed by atoms with Crippen LogP contribution in [0.4, 0.5) is 0 Å². The molecular formula is C20H24N2O4. The van der Waals surface area contributed by atoms with Gasteiger partial charge in [-0.25, -0.2) is 0 Å². The Bertz CT molecular complexity index is 817. The maximum Gasteiger partial charge on any atom is 0.314 e. The number of hydrazine groups is 1. The van der Waals surface area contributed by atoms with Gasteiger partial charge in [-0.1, -0.05) is 44.2 Å². The van der Waals surface area contributed by atoms with Crippen LogP contribution in [0.3, 0.4) is 0 Å². The Morgan fingerprint density at radius 2 is 1.81 bits per heavy atom. The summed E-state index contributed by atoms with van der Waals surface area (Å²) < 4.78 is 5.04. The van der Waals surface area contributed by atoms with Crippen LogP contribution in [-0.2, 0) is 9.53 Å². The lowest BCUT2D eigenvalue weighted by atomic mass is 10.0. The summed E-state index contributed by atoms with van der Waals surface area (Å²) >= 11 is 0. The Morgan fingerprint density at radius 1 is 1.15 bits per heavy atom. The minimum absolute atomic E-state index is 0.121. The largest absolute Gasteiger partial charge is 0.507 e. The number of fused-ring (bicyclic) bond motifs is 1. The highest BCUT2D eigenvalue weighted by molar-refractivity contribution is 6.01. The average molecular weight is 356 g/mol. The third-order valence-corrected chi connectivity index (χ3v) is 4.01. The van der Waals surface area contributed by atoms with Crippen molar-refractivity contribution in [3.05, 3.63) is 54.2 Å². The number of hydrogen-bond acceptors (Lipinski definition) is 5. The number of phenols is 1. The van der Waals surface area contributed by atoms with E-state index >= 15 is 0 Å². The number of carbonyl (C=O) groups is 2. The summed E-state index contributed by atoms with van der Waals surface area (Å²) in [6.07, 6.45) is 1.32. The predicted octanol–water partition coefficient (Wildman–Crippen LogP) is 3.27. The van der Waals surface area contributed by atoms with E-state index in [9.17, 15) is 14.7 Å². The second kappa shape index (κ2) is 8.89. The molecule has 6 nitrogen and oxygen atoms in total. The molecule has 0 bridgehead atoms. The fourth-order valence-corrected chi connectivity index (χ4v) is 2.67. The van der Waals surface area contributed by atoms with Gasteiger partial charge in [0.15, 0.2) is 0 Å². The van der Waals surface area contributed by atoms with Crippen LogP contribution in [0.2, 0.25) is 0 Å². The van der Waals surface area contributed by atoms with Gasteiger partial charge in [-0.3, -0.25) is 15.0 Å². The summed E-state index contributed by atoms with van der Waals surface area (Å²) in [7, 11) is 0. The number of phenolic OH excluding ortho intramolecular Hbond substituents is 1. The van der Waals surface area contributed by atoms with Gasteiger partial charge in [-0.05, 0) is 36.2 Å². The Hall–Kier alpha value is -3.02.